The minimum atomic E-state index is -0.720. The molecule has 0 radical (unpaired) electrons. The van der Waals surface area contributed by atoms with Crippen LogP contribution in [0.5, 0.6) is 0 Å². The van der Waals surface area contributed by atoms with Crippen LogP contribution in [0.25, 0.3) is 11.1 Å². The first-order valence-electron chi connectivity index (χ1n) is 4.84. The molecule has 1 atom stereocenters. The van der Waals surface area contributed by atoms with E-state index in [9.17, 15) is 4.79 Å². The van der Waals surface area contributed by atoms with Gasteiger partial charge in [0.2, 0.25) is 0 Å². The van der Waals surface area contributed by atoms with Gasteiger partial charge < -0.3 is 10.4 Å². The van der Waals surface area contributed by atoms with Crippen molar-refractivity contribution < 1.29 is 9.90 Å². The number of benzene rings is 1. The molecule has 1 unspecified atom stereocenters. The fourth-order valence-corrected chi connectivity index (χ4v) is 1.56. The minimum absolute atomic E-state index is 0.269. The van der Waals surface area contributed by atoms with Crippen LogP contribution in [0.15, 0.2) is 24.3 Å². The van der Waals surface area contributed by atoms with E-state index in [1.165, 1.54) is 11.1 Å². The molecule has 0 bridgehead atoms. The van der Waals surface area contributed by atoms with Gasteiger partial charge in [0.25, 0.3) is 0 Å². The average molecular weight is 191 g/mol. The molecule has 0 aromatic carbocycles. The number of nitrogens with one attached hydrogen (secondary N) is 1. The first kappa shape index (κ1) is 9.21. The van der Waals surface area contributed by atoms with Crippen molar-refractivity contribution in [1.29, 1.82) is 0 Å². The van der Waals surface area contributed by atoms with Crippen LogP contribution >= 0.6 is 0 Å². The van der Waals surface area contributed by atoms with Crippen LogP contribution in [-0.4, -0.2) is 23.7 Å². The normalized spacial score (nSPS) is 21.0. The van der Waals surface area contributed by atoms with Crippen LogP contribution in [0.2, 0.25) is 0 Å². The maximum atomic E-state index is 10.1. The first-order valence-corrected chi connectivity index (χ1v) is 4.84. The molecule has 0 amide bonds. The number of carbonyl (C=O) groups is 1. The van der Waals surface area contributed by atoms with Crippen molar-refractivity contribution >= 4 is 5.97 Å². The first-order chi connectivity index (χ1) is 6.77. The number of rotatable bonds is 1. The maximum Gasteiger partial charge on any atom is 0.320 e. The van der Waals surface area contributed by atoms with Gasteiger partial charge in [0, 0.05) is 0 Å². The van der Waals surface area contributed by atoms with E-state index in [1.54, 1.807) is 0 Å². The van der Waals surface area contributed by atoms with Crippen molar-refractivity contribution in [2.45, 2.75) is 18.9 Å². The van der Waals surface area contributed by atoms with Crippen LogP contribution in [0, 0.1) is 0 Å². The minimum Gasteiger partial charge on any atom is -0.480 e. The Kier molecular flexibility index (Phi) is 2.50. The highest BCUT2D eigenvalue weighted by atomic mass is 16.4. The second-order valence-electron chi connectivity index (χ2n) is 3.56. The summed E-state index contributed by atoms with van der Waals surface area (Å²) in [5.41, 5.74) is 2.85. The molecule has 3 aliphatic rings. The van der Waals surface area contributed by atoms with E-state index in [0.29, 0.717) is 0 Å². The maximum absolute atomic E-state index is 10.1. The van der Waals surface area contributed by atoms with Crippen LogP contribution in [0.3, 0.4) is 0 Å². The van der Waals surface area contributed by atoms with Gasteiger partial charge in [0.15, 0.2) is 0 Å². The summed E-state index contributed by atoms with van der Waals surface area (Å²) in [5, 5.41) is 11.2. The molecule has 3 nitrogen and oxygen atoms in total. The largest absolute Gasteiger partial charge is 0.480 e. The van der Waals surface area contributed by atoms with Gasteiger partial charge in [-0.15, -0.1) is 0 Å². The zero-order valence-corrected chi connectivity index (χ0v) is 7.86. The smallest absolute Gasteiger partial charge is 0.320 e. The predicted octanol–water partition coefficient (Wildman–Crippen LogP) is 1.49. The van der Waals surface area contributed by atoms with Gasteiger partial charge in [-0.25, -0.2) is 0 Å². The van der Waals surface area contributed by atoms with Gasteiger partial charge >= 0.3 is 5.97 Å². The second kappa shape index (κ2) is 3.80. The molecule has 3 heteroatoms. The molecule has 0 saturated carbocycles. The van der Waals surface area contributed by atoms with E-state index < -0.39 is 5.97 Å². The summed E-state index contributed by atoms with van der Waals surface area (Å²) in [6.45, 7) is 0.858. The van der Waals surface area contributed by atoms with Gasteiger partial charge in [-0.05, 0) is 30.5 Å². The highest BCUT2D eigenvalue weighted by molar-refractivity contribution is 5.75. The lowest BCUT2D eigenvalue weighted by Gasteiger charge is -2.10. The van der Waals surface area contributed by atoms with Crippen molar-refractivity contribution in [2.24, 2.45) is 0 Å². The van der Waals surface area contributed by atoms with E-state index in [4.69, 9.17) is 5.11 Å². The van der Waals surface area contributed by atoms with Gasteiger partial charge in [0.1, 0.15) is 6.04 Å². The van der Waals surface area contributed by atoms with Gasteiger partial charge in [-0.2, -0.15) is 0 Å². The Balaban J connectivity index is 0.000000110. The number of carboxylic acid groups (broad SMARTS) is 1. The van der Waals surface area contributed by atoms with Crippen molar-refractivity contribution in [1.82, 2.24) is 5.32 Å². The fourth-order valence-electron chi connectivity index (χ4n) is 1.56. The Bertz CT molecular complexity index is 305. The van der Waals surface area contributed by atoms with Crippen molar-refractivity contribution in [3.05, 3.63) is 24.3 Å². The molecule has 1 saturated heterocycles. The molecule has 3 rings (SSSR count). The quantitative estimate of drug-likeness (QED) is 0.718. The highest BCUT2D eigenvalue weighted by Gasteiger charge is 2.20. The molecule has 2 N–H and O–H groups in total. The standard InChI is InChI=1S/C6H4.C5H9NO2/c1-2-6-4-3-5(1)6;7-5(8)4-2-1-3-6-4/h1-4H;4,6H,1-3H2,(H,7,8). The monoisotopic (exact) mass is 191 g/mol. The lowest BCUT2D eigenvalue weighted by Crippen LogP contribution is -2.29. The van der Waals surface area contributed by atoms with Crippen LogP contribution in [0.1, 0.15) is 12.8 Å². The number of aliphatic carboxylic acids is 1. The molecular weight excluding hydrogens is 178 g/mol. The van der Waals surface area contributed by atoms with Gasteiger partial charge in [0.05, 0.1) is 0 Å². The Hall–Kier alpha value is -1.35. The Morgan fingerprint density at radius 1 is 1.29 bits per heavy atom. The highest BCUT2D eigenvalue weighted by Crippen LogP contribution is 2.29. The number of hydrogen-bond acceptors (Lipinski definition) is 2. The van der Waals surface area contributed by atoms with Crippen molar-refractivity contribution in [3.63, 3.8) is 0 Å². The Labute approximate surface area is 82.8 Å². The Morgan fingerprint density at radius 2 is 1.86 bits per heavy atom. The van der Waals surface area contributed by atoms with E-state index in [0.717, 1.165) is 19.4 Å². The molecule has 1 heterocycles. The number of carboxylic acids is 1. The van der Waals surface area contributed by atoms with E-state index >= 15 is 0 Å². The van der Waals surface area contributed by atoms with E-state index in [-0.39, 0.29) is 6.04 Å². The predicted molar refractivity (Wildman–Crippen MR) is 54.1 cm³/mol. The summed E-state index contributed by atoms with van der Waals surface area (Å²) in [6, 6.07) is 8.21. The molecular formula is C11H13NO2. The molecule has 14 heavy (non-hydrogen) atoms. The molecule has 2 aliphatic carbocycles. The lowest BCUT2D eigenvalue weighted by molar-refractivity contribution is -0.139. The summed E-state index contributed by atoms with van der Waals surface area (Å²) in [5.74, 6) is -0.720. The lowest BCUT2D eigenvalue weighted by atomic mass is 9.95. The SMILES string of the molecule is O=C(O)C1CCCN1.c1cc2ccc1-2. The summed E-state index contributed by atoms with van der Waals surface area (Å²) in [4.78, 5) is 10.1. The summed E-state index contributed by atoms with van der Waals surface area (Å²) >= 11 is 0. The van der Waals surface area contributed by atoms with Crippen molar-refractivity contribution in [3.8, 4) is 11.1 Å². The zero-order valence-electron chi connectivity index (χ0n) is 7.86. The summed E-state index contributed by atoms with van der Waals surface area (Å²) < 4.78 is 0. The molecule has 1 fully saturated rings. The van der Waals surface area contributed by atoms with E-state index in [2.05, 4.69) is 29.6 Å². The third-order valence-corrected chi connectivity index (χ3v) is 2.58. The fraction of sp³-hybridized carbons (Fsp3) is 0.364. The Morgan fingerprint density at radius 3 is 2.00 bits per heavy atom. The van der Waals surface area contributed by atoms with Crippen molar-refractivity contribution in [2.75, 3.05) is 6.54 Å². The summed E-state index contributed by atoms with van der Waals surface area (Å²) in [6.07, 6.45) is 1.78. The van der Waals surface area contributed by atoms with Gasteiger partial charge in [-0.1, -0.05) is 24.3 Å². The average Bonchev–Trinajstić information content (AvgIpc) is 2.65. The van der Waals surface area contributed by atoms with Crippen LogP contribution in [0.4, 0.5) is 0 Å². The van der Waals surface area contributed by atoms with Gasteiger partial charge in [-0.3, -0.25) is 4.79 Å². The molecule has 0 aromatic heterocycles. The summed E-state index contributed by atoms with van der Waals surface area (Å²) in [7, 11) is 0. The number of fused-ring (bicyclic) bond motifs is 1. The van der Waals surface area contributed by atoms with Crippen LogP contribution in [-0.2, 0) is 4.79 Å². The second-order valence-corrected chi connectivity index (χ2v) is 3.56. The molecule has 0 spiro atoms. The van der Waals surface area contributed by atoms with E-state index in [1.807, 2.05) is 0 Å². The number of hydrogen-bond donors (Lipinski definition) is 2. The van der Waals surface area contributed by atoms with Crippen LogP contribution < -0.4 is 5.32 Å². The molecule has 0 aromatic rings. The zero-order chi connectivity index (χ0) is 9.97. The topological polar surface area (TPSA) is 49.3 Å². The molecule has 74 valence electrons. The third kappa shape index (κ3) is 1.77. The third-order valence-electron chi connectivity index (χ3n) is 2.58. The molecule has 1 aliphatic heterocycles.